The predicted molar refractivity (Wildman–Crippen MR) is 71.6 cm³/mol. The fourth-order valence-corrected chi connectivity index (χ4v) is 1.70. The minimum atomic E-state index is -0.275. The molecule has 1 unspecified atom stereocenters. The van der Waals surface area contributed by atoms with Gasteiger partial charge < -0.3 is 9.47 Å². The molecule has 0 spiro atoms. The van der Waals surface area contributed by atoms with Gasteiger partial charge in [0.1, 0.15) is 12.4 Å². The Morgan fingerprint density at radius 1 is 1.33 bits per heavy atom. The molecule has 3 nitrogen and oxygen atoms in total. The lowest BCUT2D eigenvalue weighted by Crippen LogP contribution is -2.34. The van der Waals surface area contributed by atoms with Gasteiger partial charge in [0.05, 0.1) is 13.0 Å². The van der Waals surface area contributed by atoms with Gasteiger partial charge in [-0.05, 0) is 30.0 Å². The largest absolute Gasteiger partial charge is 0.493 e. The third-order valence-corrected chi connectivity index (χ3v) is 2.94. The van der Waals surface area contributed by atoms with Crippen LogP contribution >= 0.6 is 0 Å². The van der Waals surface area contributed by atoms with Gasteiger partial charge >= 0.3 is 5.97 Å². The minimum Gasteiger partial charge on any atom is -0.493 e. The average Bonchev–Trinajstić information content (AvgIpc) is 2.27. The summed E-state index contributed by atoms with van der Waals surface area (Å²) in [6, 6.07) is 7.80. The van der Waals surface area contributed by atoms with Gasteiger partial charge in [0, 0.05) is 0 Å². The summed E-state index contributed by atoms with van der Waals surface area (Å²) < 4.78 is 10.5. The third-order valence-electron chi connectivity index (χ3n) is 2.94. The summed E-state index contributed by atoms with van der Waals surface area (Å²) in [5, 5.41) is 0. The molecule has 1 atom stereocenters. The van der Waals surface area contributed by atoms with Crippen LogP contribution in [0.25, 0.3) is 0 Å². The van der Waals surface area contributed by atoms with Crippen LogP contribution in [0.1, 0.15) is 26.3 Å². The minimum absolute atomic E-state index is 0.184. The van der Waals surface area contributed by atoms with Gasteiger partial charge in [0.25, 0.3) is 0 Å². The highest BCUT2D eigenvalue weighted by Gasteiger charge is 2.32. The molecule has 0 aliphatic carbocycles. The van der Waals surface area contributed by atoms with E-state index in [4.69, 9.17) is 9.47 Å². The van der Waals surface area contributed by atoms with E-state index in [1.54, 1.807) is 0 Å². The number of aryl methyl sites for hydroxylation is 1. The molecule has 100 valence electrons. The van der Waals surface area contributed by atoms with Crippen LogP contribution in [0.3, 0.4) is 0 Å². The number of hydrogen-bond acceptors (Lipinski definition) is 3. The molecule has 18 heavy (non-hydrogen) atoms. The van der Waals surface area contributed by atoms with E-state index in [-0.39, 0.29) is 17.3 Å². The van der Waals surface area contributed by atoms with Crippen molar-refractivity contribution in [1.82, 2.24) is 0 Å². The number of methoxy groups -OCH3 is 1. The molecule has 0 radical (unpaired) electrons. The Hall–Kier alpha value is -1.51. The molecular formula is C15H22O3. The van der Waals surface area contributed by atoms with Gasteiger partial charge in [0.15, 0.2) is 0 Å². The lowest BCUT2D eigenvalue weighted by Gasteiger charge is -2.28. The van der Waals surface area contributed by atoms with Gasteiger partial charge in [0.2, 0.25) is 0 Å². The first kappa shape index (κ1) is 14.6. The number of esters is 1. The van der Waals surface area contributed by atoms with E-state index < -0.39 is 0 Å². The maximum Gasteiger partial charge on any atom is 0.312 e. The molecule has 0 bridgehead atoms. The van der Waals surface area contributed by atoms with E-state index in [1.165, 1.54) is 7.11 Å². The Balaban J connectivity index is 2.71. The topological polar surface area (TPSA) is 35.5 Å². The lowest BCUT2D eigenvalue weighted by molar-refractivity contribution is -0.150. The molecule has 0 N–H and O–H groups in total. The van der Waals surface area contributed by atoms with Crippen molar-refractivity contribution in [2.45, 2.75) is 27.7 Å². The van der Waals surface area contributed by atoms with Gasteiger partial charge in [-0.2, -0.15) is 0 Å². The van der Waals surface area contributed by atoms with E-state index in [2.05, 4.69) is 0 Å². The molecular weight excluding hydrogens is 228 g/mol. The first-order valence-corrected chi connectivity index (χ1v) is 6.12. The van der Waals surface area contributed by atoms with E-state index in [0.29, 0.717) is 6.61 Å². The van der Waals surface area contributed by atoms with Gasteiger partial charge in [-0.1, -0.05) is 32.9 Å². The van der Waals surface area contributed by atoms with E-state index >= 15 is 0 Å². The summed E-state index contributed by atoms with van der Waals surface area (Å²) in [5.41, 5.74) is 0.953. The first-order valence-electron chi connectivity index (χ1n) is 6.12. The summed E-state index contributed by atoms with van der Waals surface area (Å²) in [6.07, 6.45) is 0. The molecule has 1 rings (SSSR count). The SMILES string of the molecule is COC(=O)C(COc1cccc(C)c1)C(C)(C)C. The highest BCUT2D eigenvalue weighted by molar-refractivity contribution is 5.73. The highest BCUT2D eigenvalue weighted by atomic mass is 16.5. The summed E-state index contributed by atoms with van der Waals surface area (Å²) >= 11 is 0. The van der Waals surface area contributed by atoms with E-state index in [0.717, 1.165) is 11.3 Å². The summed E-state index contributed by atoms with van der Waals surface area (Å²) in [5.74, 6) is 0.284. The normalized spacial score (nSPS) is 12.9. The number of ether oxygens (including phenoxy) is 2. The van der Waals surface area contributed by atoms with Crippen LogP contribution in [-0.2, 0) is 9.53 Å². The summed E-state index contributed by atoms with van der Waals surface area (Å²) in [6.45, 7) is 8.37. The smallest absolute Gasteiger partial charge is 0.312 e. The van der Waals surface area contributed by atoms with Crippen molar-refractivity contribution in [3.05, 3.63) is 29.8 Å². The number of carbonyl (C=O) groups excluding carboxylic acids is 1. The van der Waals surface area contributed by atoms with Crippen molar-refractivity contribution >= 4 is 5.97 Å². The maximum absolute atomic E-state index is 11.7. The van der Waals surface area contributed by atoms with E-state index in [1.807, 2.05) is 52.0 Å². The Labute approximate surface area is 109 Å². The quantitative estimate of drug-likeness (QED) is 0.770. The van der Waals surface area contributed by atoms with Gasteiger partial charge in [-0.25, -0.2) is 0 Å². The molecule has 0 saturated carbocycles. The lowest BCUT2D eigenvalue weighted by atomic mass is 9.81. The second kappa shape index (κ2) is 5.89. The molecule has 1 aromatic carbocycles. The average molecular weight is 250 g/mol. The molecule has 3 heteroatoms. The van der Waals surface area contributed by atoms with E-state index in [9.17, 15) is 4.79 Å². The molecule has 0 fully saturated rings. The third kappa shape index (κ3) is 4.06. The van der Waals surface area contributed by atoms with Crippen molar-refractivity contribution in [2.24, 2.45) is 11.3 Å². The molecule has 0 saturated heterocycles. The van der Waals surface area contributed by atoms with Crippen molar-refractivity contribution in [1.29, 1.82) is 0 Å². The number of hydrogen-bond donors (Lipinski definition) is 0. The monoisotopic (exact) mass is 250 g/mol. The van der Waals surface area contributed by atoms with Crippen molar-refractivity contribution in [2.75, 3.05) is 13.7 Å². The van der Waals surface area contributed by atoms with Crippen LogP contribution in [0.5, 0.6) is 5.75 Å². The zero-order valence-electron chi connectivity index (χ0n) is 11.8. The molecule has 1 aromatic rings. The maximum atomic E-state index is 11.7. The van der Waals surface area contributed by atoms with Crippen LogP contribution in [0.15, 0.2) is 24.3 Å². The van der Waals surface area contributed by atoms with Crippen molar-refractivity contribution in [3.63, 3.8) is 0 Å². The predicted octanol–water partition coefficient (Wildman–Crippen LogP) is 3.21. The molecule has 0 aliphatic rings. The molecule has 0 aromatic heterocycles. The Bertz CT molecular complexity index is 404. The number of rotatable bonds is 4. The Kier molecular flexibility index (Phi) is 4.76. The zero-order chi connectivity index (χ0) is 13.8. The fraction of sp³-hybridized carbons (Fsp3) is 0.533. The first-order chi connectivity index (χ1) is 8.34. The van der Waals surface area contributed by atoms with Crippen LogP contribution in [0.2, 0.25) is 0 Å². The second-order valence-corrected chi connectivity index (χ2v) is 5.57. The fourth-order valence-electron chi connectivity index (χ4n) is 1.70. The molecule has 0 heterocycles. The van der Waals surface area contributed by atoms with Gasteiger partial charge in [-0.3, -0.25) is 4.79 Å². The van der Waals surface area contributed by atoms with Crippen molar-refractivity contribution in [3.8, 4) is 5.75 Å². The second-order valence-electron chi connectivity index (χ2n) is 5.57. The Morgan fingerprint density at radius 2 is 2.00 bits per heavy atom. The number of benzene rings is 1. The zero-order valence-corrected chi connectivity index (χ0v) is 11.8. The van der Waals surface area contributed by atoms with Crippen LogP contribution in [0, 0.1) is 18.3 Å². The highest BCUT2D eigenvalue weighted by Crippen LogP contribution is 2.28. The number of carbonyl (C=O) groups is 1. The molecule has 0 amide bonds. The summed E-state index contributed by atoms with van der Waals surface area (Å²) in [4.78, 5) is 11.7. The van der Waals surface area contributed by atoms with Crippen LogP contribution < -0.4 is 4.74 Å². The Morgan fingerprint density at radius 3 is 2.50 bits per heavy atom. The standard InChI is InChI=1S/C15H22O3/c1-11-7-6-8-12(9-11)18-10-13(14(16)17-5)15(2,3)4/h6-9,13H,10H2,1-5H3. The van der Waals surface area contributed by atoms with Crippen LogP contribution in [0.4, 0.5) is 0 Å². The summed E-state index contributed by atoms with van der Waals surface area (Å²) in [7, 11) is 1.41. The van der Waals surface area contributed by atoms with Gasteiger partial charge in [-0.15, -0.1) is 0 Å². The van der Waals surface area contributed by atoms with Crippen LogP contribution in [-0.4, -0.2) is 19.7 Å². The van der Waals surface area contributed by atoms with Crippen molar-refractivity contribution < 1.29 is 14.3 Å². The molecule has 0 aliphatic heterocycles.